The molecule has 0 bridgehead atoms. The SMILES string of the molecule is Cc1ccc(C(=O)O)cc1NC(=O)c1ccc(=O)n(Cc2ccccc2)n1. The van der Waals surface area contributed by atoms with E-state index in [4.69, 9.17) is 5.11 Å². The third-order valence-electron chi connectivity index (χ3n) is 4.01. The van der Waals surface area contributed by atoms with Crippen LogP contribution in [-0.2, 0) is 6.54 Å². The summed E-state index contributed by atoms with van der Waals surface area (Å²) in [7, 11) is 0. The minimum absolute atomic E-state index is 0.0608. The lowest BCUT2D eigenvalue weighted by Crippen LogP contribution is -2.26. The molecule has 3 rings (SSSR count). The van der Waals surface area contributed by atoms with Crippen molar-refractivity contribution in [3.63, 3.8) is 0 Å². The summed E-state index contributed by atoms with van der Waals surface area (Å²) in [6, 6.07) is 16.4. The Morgan fingerprint density at radius 1 is 1.07 bits per heavy atom. The van der Waals surface area contributed by atoms with E-state index in [0.717, 1.165) is 5.56 Å². The lowest BCUT2D eigenvalue weighted by Gasteiger charge is -2.10. The normalized spacial score (nSPS) is 10.4. The van der Waals surface area contributed by atoms with Crippen LogP contribution in [0.25, 0.3) is 0 Å². The predicted molar refractivity (Wildman–Crippen MR) is 100 cm³/mol. The van der Waals surface area contributed by atoms with Gasteiger partial charge in [0, 0.05) is 11.8 Å². The van der Waals surface area contributed by atoms with E-state index in [1.165, 1.54) is 28.9 Å². The predicted octanol–water partition coefficient (Wildman–Crippen LogP) is 2.55. The summed E-state index contributed by atoms with van der Waals surface area (Å²) in [5.41, 5.74) is 1.78. The number of nitrogens with one attached hydrogen (secondary N) is 1. The lowest BCUT2D eigenvalue weighted by molar-refractivity contribution is 0.0696. The Morgan fingerprint density at radius 3 is 2.52 bits per heavy atom. The molecule has 1 heterocycles. The summed E-state index contributed by atoms with van der Waals surface area (Å²) in [6.07, 6.45) is 0. The zero-order chi connectivity index (χ0) is 19.4. The first-order chi connectivity index (χ1) is 12.9. The molecule has 0 saturated carbocycles. The molecule has 27 heavy (non-hydrogen) atoms. The van der Waals surface area contributed by atoms with Gasteiger partial charge in [0.05, 0.1) is 12.1 Å². The van der Waals surface area contributed by atoms with Crippen molar-refractivity contribution in [1.82, 2.24) is 9.78 Å². The number of hydrogen-bond acceptors (Lipinski definition) is 4. The van der Waals surface area contributed by atoms with E-state index >= 15 is 0 Å². The summed E-state index contributed by atoms with van der Waals surface area (Å²) < 4.78 is 1.21. The van der Waals surface area contributed by atoms with Gasteiger partial charge in [-0.1, -0.05) is 36.4 Å². The highest BCUT2D eigenvalue weighted by Gasteiger charge is 2.13. The van der Waals surface area contributed by atoms with Gasteiger partial charge in [0.15, 0.2) is 0 Å². The van der Waals surface area contributed by atoms with Crippen molar-refractivity contribution in [3.05, 3.63) is 93.4 Å². The Labute approximate surface area is 154 Å². The van der Waals surface area contributed by atoms with E-state index in [1.54, 1.807) is 13.0 Å². The van der Waals surface area contributed by atoms with Crippen LogP contribution < -0.4 is 10.9 Å². The number of benzene rings is 2. The van der Waals surface area contributed by atoms with Crippen LogP contribution in [0.2, 0.25) is 0 Å². The van der Waals surface area contributed by atoms with Crippen LogP contribution in [0.5, 0.6) is 0 Å². The zero-order valence-corrected chi connectivity index (χ0v) is 14.5. The summed E-state index contributed by atoms with van der Waals surface area (Å²) in [5, 5.41) is 15.9. The van der Waals surface area contributed by atoms with Gasteiger partial charge < -0.3 is 10.4 Å². The molecule has 2 aromatic carbocycles. The Balaban J connectivity index is 1.85. The van der Waals surface area contributed by atoms with E-state index in [2.05, 4.69) is 10.4 Å². The minimum atomic E-state index is -1.08. The number of hydrogen-bond donors (Lipinski definition) is 2. The summed E-state index contributed by atoms with van der Waals surface area (Å²) in [6.45, 7) is 2.00. The van der Waals surface area contributed by atoms with Crippen LogP contribution >= 0.6 is 0 Å². The van der Waals surface area contributed by atoms with Gasteiger partial charge in [-0.3, -0.25) is 9.59 Å². The molecule has 3 aromatic rings. The number of carbonyl (C=O) groups is 2. The van der Waals surface area contributed by atoms with E-state index < -0.39 is 11.9 Å². The Kier molecular flexibility index (Phi) is 5.12. The maximum absolute atomic E-state index is 12.5. The van der Waals surface area contributed by atoms with Crippen molar-refractivity contribution in [2.75, 3.05) is 5.32 Å². The van der Waals surface area contributed by atoms with Crippen molar-refractivity contribution in [3.8, 4) is 0 Å². The van der Waals surface area contributed by atoms with Crippen molar-refractivity contribution < 1.29 is 14.7 Å². The summed E-state index contributed by atoms with van der Waals surface area (Å²) in [4.78, 5) is 35.7. The quantitative estimate of drug-likeness (QED) is 0.725. The molecule has 0 aliphatic heterocycles. The van der Waals surface area contributed by atoms with Crippen LogP contribution in [0.4, 0.5) is 5.69 Å². The van der Waals surface area contributed by atoms with Crippen LogP contribution in [-0.4, -0.2) is 26.8 Å². The van der Waals surface area contributed by atoms with Crippen molar-refractivity contribution in [2.45, 2.75) is 13.5 Å². The average molecular weight is 363 g/mol. The van der Waals surface area contributed by atoms with E-state index in [-0.39, 0.29) is 23.4 Å². The molecule has 7 nitrogen and oxygen atoms in total. The van der Waals surface area contributed by atoms with Crippen LogP contribution in [0, 0.1) is 6.92 Å². The lowest BCUT2D eigenvalue weighted by atomic mass is 10.1. The van der Waals surface area contributed by atoms with E-state index in [1.807, 2.05) is 30.3 Å². The maximum Gasteiger partial charge on any atom is 0.335 e. The van der Waals surface area contributed by atoms with Gasteiger partial charge in [-0.25, -0.2) is 9.48 Å². The molecule has 0 spiro atoms. The first kappa shape index (κ1) is 18.1. The van der Waals surface area contributed by atoms with Crippen molar-refractivity contribution in [1.29, 1.82) is 0 Å². The largest absolute Gasteiger partial charge is 0.478 e. The van der Waals surface area contributed by atoms with Gasteiger partial charge in [0.25, 0.3) is 11.5 Å². The Morgan fingerprint density at radius 2 is 1.81 bits per heavy atom. The summed E-state index contributed by atoms with van der Waals surface area (Å²) >= 11 is 0. The fourth-order valence-corrected chi connectivity index (χ4v) is 2.52. The highest BCUT2D eigenvalue weighted by Crippen LogP contribution is 2.17. The number of carboxylic acids is 1. The number of anilines is 1. The molecule has 0 radical (unpaired) electrons. The highest BCUT2D eigenvalue weighted by molar-refractivity contribution is 6.03. The molecule has 1 amide bonds. The van der Waals surface area contributed by atoms with E-state index in [9.17, 15) is 14.4 Å². The van der Waals surface area contributed by atoms with Gasteiger partial charge in [0.2, 0.25) is 0 Å². The van der Waals surface area contributed by atoms with Gasteiger partial charge in [-0.15, -0.1) is 0 Å². The molecule has 0 aliphatic carbocycles. The first-order valence-corrected chi connectivity index (χ1v) is 8.21. The number of nitrogens with zero attached hydrogens (tertiary/aromatic N) is 2. The number of carboxylic acid groups (broad SMARTS) is 1. The average Bonchev–Trinajstić information content (AvgIpc) is 2.66. The smallest absolute Gasteiger partial charge is 0.335 e. The molecular formula is C20H17N3O4. The molecule has 0 aliphatic rings. The second kappa shape index (κ2) is 7.65. The third-order valence-corrected chi connectivity index (χ3v) is 4.01. The number of carbonyl (C=O) groups excluding carboxylic acids is 1. The Bertz CT molecular complexity index is 1060. The van der Waals surface area contributed by atoms with Crippen LogP contribution in [0.3, 0.4) is 0 Å². The molecule has 136 valence electrons. The zero-order valence-electron chi connectivity index (χ0n) is 14.5. The van der Waals surface area contributed by atoms with E-state index in [0.29, 0.717) is 11.3 Å². The fourth-order valence-electron chi connectivity index (χ4n) is 2.52. The standard InChI is InChI=1S/C20H17N3O4/c1-13-7-8-15(20(26)27)11-17(13)21-19(25)16-9-10-18(24)23(22-16)12-14-5-3-2-4-6-14/h2-11H,12H2,1H3,(H,21,25)(H,26,27). The van der Waals surface area contributed by atoms with Crippen molar-refractivity contribution in [2.24, 2.45) is 0 Å². The fraction of sp³-hybridized carbons (Fsp3) is 0.100. The second-order valence-electron chi connectivity index (χ2n) is 5.99. The molecule has 2 N–H and O–H groups in total. The maximum atomic E-state index is 12.5. The molecule has 0 atom stereocenters. The van der Waals surface area contributed by atoms with Gasteiger partial charge in [-0.2, -0.15) is 5.10 Å². The number of aryl methyl sites for hydroxylation is 1. The molecule has 0 saturated heterocycles. The highest BCUT2D eigenvalue weighted by atomic mass is 16.4. The number of aromatic carboxylic acids is 1. The second-order valence-corrected chi connectivity index (χ2v) is 5.99. The van der Waals surface area contributed by atoms with Gasteiger partial charge in [0.1, 0.15) is 5.69 Å². The topological polar surface area (TPSA) is 101 Å². The van der Waals surface area contributed by atoms with Crippen molar-refractivity contribution >= 4 is 17.6 Å². The monoisotopic (exact) mass is 363 g/mol. The third kappa shape index (κ3) is 4.27. The van der Waals surface area contributed by atoms with Gasteiger partial charge >= 0.3 is 5.97 Å². The van der Waals surface area contributed by atoms with Crippen LogP contribution in [0.1, 0.15) is 32.0 Å². The molecule has 0 unspecified atom stereocenters. The number of rotatable bonds is 5. The number of amides is 1. The van der Waals surface area contributed by atoms with Crippen LogP contribution in [0.15, 0.2) is 65.5 Å². The molecular weight excluding hydrogens is 346 g/mol. The Hall–Kier alpha value is -3.74. The van der Waals surface area contributed by atoms with Gasteiger partial charge in [-0.05, 0) is 36.2 Å². The molecule has 7 heteroatoms. The molecule has 0 fully saturated rings. The number of aromatic nitrogens is 2. The first-order valence-electron chi connectivity index (χ1n) is 8.21. The minimum Gasteiger partial charge on any atom is -0.478 e. The summed E-state index contributed by atoms with van der Waals surface area (Å²) in [5.74, 6) is -1.61. The molecule has 1 aromatic heterocycles.